The number of hydrogen-bond acceptors (Lipinski definition) is 4. The Bertz CT molecular complexity index is 745. The number of carbonyl (C=O) groups is 1. The third-order valence-corrected chi connectivity index (χ3v) is 3.40. The van der Waals surface area contributed by atoms with Crippen LogP contribution in [0.3, 0.4) is 0 Å². The minimum absolute atomic E-state index is 0.0221. The normalized spacial score (nSPS) is 10.9. The molecule has 2 rings (SSSR count). The third-order valence-electron chi connectivity index (χ3n) is 3.07. The average Bonchev–Trinajstić information content (AvgIpc) is 2.56. The molecule has 0 aliphatic rings. The van der Waals surface area contributed by atoms with Gasteiger partial charge in [-0.3, -0.25) is 4.79 Å². The first-order valence-corrected chi connectivity index (χ1v) is 7.82. The summed E-state index contributed by atoms with van der Waals surface area (Å²) in [5, 5.41) is 4.35. The molecule has 0 aliphatic carbocycles. The standard InChI is InChI=1S/C18H19ClN2O3/c1-12(2)24-17-13(7-6-10-16(17)23-3)11-20-21-18(22)14-8-4-5-9-15(14)19/h4-12H,1-3H3,(H,21,22)/b20-11-. The molecule has 0 spiro atoms. The molecule has 5 nitrogen and oxygen atoms in total. The summed E-state index contributed by atoms with van der Waals surface area (Å²) in [7, 11) is 1.57. The van der Waals surface area contributed by atoms with Crippen molar-refractivity contribution in [2.45, 2.75) is 20.0 Å². The van der Waals surface area contributed by atoms with Crippen molar-refractivity contribution in [3.8, 4) is 11.5 Å². The van der Waals surface area contributed by atoms with E-state index in [2.05, 4.69) is 10.5 Å². The maximum atomic E-state index is 12.1. The van der Waals surface area contributed by atoms with Gasteiger partial charge in [0.15, 0.2) is 11.5 Å². The van der Waals surface area contributed by atoms with Crippen LogP contribution in [0.1, 0.15) is 29.8 Å². The van der Waals surface area contributed by atoms with E-state index >= 15 is 0 Å². The van der Waals surface area contributed by atoms with E-state index in [9.17, 15) is 4.79 Å². The van der Waals surface area contributed by atoms with Gasteiger partial charge in [-0.2, -0.15) is 5.10 Å². The number of amides is 1. The molecule has 0 saturated carbocycles. The first kappa shape index (κ1) is 17.8. The van der Waals surface area contributed by atoms with Gasteiger partial charge in [0.25, 0.3) is 5.91 Å². The SMILES string of the molecule is COc1cccc(/C=N\NC(=O)c2ccccc2Cl)c1OC(C)C. The van der Waals surface area contributed by atoms with E-state index in [0.29, 0.717) is 27.6 Å². The summed E-state index contributed by atoms with van der Waals surface area (Å²) in [6.07, 6.45) is 1.49. The van der Waals surface area contributed by atoms with Crippen molar-refractivity contribution in [3.05, 3.63) is 58.6 Å². The highest BCUT2D eigenvalue weighted by molar-refractivity contribution is 6.33. The lowest BCUT2D eigenvalue weighted by Gasteiger charge is -2.15. The smallest absolute Gasteiger partial charge is 0.272 e. The van der Waals surface area contributed by atoms with Crippen molar-refractivity contribution in [3.63, 3.8) is 0 Å². The van der Waals surface area contributed by atoms with Gasteiger partial charge in [0, 0.05) is 5.56 Å². The molecule has 0 radical (unpaired) electrons. The van der Waals surface area contributed by atoms with Gasteiger partial charge in [0.1, 0.15) is 0 Å². The van der Waals surface area contributed by atoms with Crippen LogP contribution in [0.4, 0.5) is 0 Å². The van der Waals surface area contributed by atoms with Gasteiger partial charge in [-0.05, 0) is 38.1 Å². The topological polar surface area (TPSA) is 59.9 Å². The number of hydrazone groups is 1. The molecular weight excluding hydrogens is 328 g/mol. The van der Waals surface area contributed by atoms with Crippen LogP contribution in [0.2, 0.25) is 5.02 Å². The first-order chi connectivity index (χ1) is 11.5. The van der Waals surface area contributed by atoms with Crippen molar-refractivity contribution >= 4 is 23.7 Å². The Morgan fingerprint density at radius 1 is 1.21 bits per heavy atom. The van der Waals surface area contributed by atoms with Crippen LogP contribution in [0.25, 0.3) is 0 Å². The number of ether oxygens (including phenoxy) is 2. The molecule has 6 heteroatoms. The predicted octanol–water partition coefficient (Wildman–Crippen LogP) is 3.90. The lowest BCUT2D eigenvalue weighted by atomic mass is 10.2. The summed E-state index contributed by atoms with van der Waals surface area (Å²) in [5.74, 6) is 0.793. The molecule has 126 valence electrons. The van der Waals surface area contributed by atoms with Gasteiger partial charge < -0.3 is 9.47 Å². The maximum absolute atomic E-state index is 12.1. The zero-order valence-electron chi connectivity index (χ0n) is 13.7. The highest BCUT2D eigenvalue weighted by Crippen LogP contribution is 2.30. The fraction of sp³-hybridized carbons (Fsp3) is 0.222. The van der Waals surface area contributed by atoms with Crippen LogP contribution in [-0.2, 0) is 0 Å². The Kier molecular flexibility index (Phi) is 6.21. The summed E-state index contributed by atoms with van der Waals surface area (Å²) in [4.78, 5) is 12.1. The van der Waals surface area contributed by atoms with Crippen LogP contribution in [0, 0.1) is 0 Å². The molecule has 1 N–H and O–H groups in total. The lowest BCUT2D eigenvalue weighted by molar-refractivity contribution is 0.0955. The summed E-state index contributed by atoms with van der Waals surface area (Å²) in [5.41, 5.74) is 3.51. The van der Waals surface area contributed by atoms with E-state index in [-0.39, 0.29) is 12.0 Å². The molecule has 24 heavy (non-hydrogen) atoms. The summed E-state index contributed by atoms with van der Waals surface area (Å²) in [6, 6.07) is 12.2. The summed E-state index contributed by atoms with van der Waals surface area (Å²) >= 11 is 5.99. The van der Waals surface area contributed by atoms with Gasteiger partial charge in [-0.25, -0.2) is 5.43 Å². The molecule has 2 aromatic rings. The fourth-order valence-electron chi connectivity index (χ4n) is 2.02. The number of nitrogens with one attached hydrogen (secondary N) is 1. The quantitative estimate of drug-likeness (QED) is 0.637. The van der Waals surface area contributed by atoms with E-state index < -0.39 is 0 Å². The maximum Gasteiger partial charge on any atom is 0.272 e. The highest BCUT2D eigenvalue weighted by atomic mass is 35.5. The molecule has 0 bridgehead atoms. The van der Waals surface area contributed by atoms with Gasteiger partial charge in [-0.15, -0.1) is 0 Å². The molecule has 0 aromatic heterocycles. The van der Waals surface area contributed by atoms with Gasteiger partial charge in [0.05, 0.1) is 30.0 Å². The molecule has 0 unspecified atom stereocenters. The van der Waals surface area contributed by atoms with Crippen molar-refractivity contribution in [2.75, 3.05) is 7.11 Å². The second kappa shape index (κ2) is 8.36. The Balaban J connectivity index is 2.17. The molecular formula is C18H19ClN2O3. The van der Waals surface area contributed by atoms with Crippen LogP contribution in [-0.4, -0.2) is 25.3 Å². The van der Waals surface area contributed by atoms with Gasteiger partial charge >= 0.3 is 0 Å². The molecule has 0 atom stereocenters. The molecule has 1 amide bonds. The molecule has 2 aromatic carbocycles. The van der Waals surface area contributed by atoms with Crippen LogP contribution < -0.4 is 14.9 Å². The monoisotopic (exact) mass is 346 g/mol. The van der Waals surface area contributed by atoms with Crippen molar-refractivity contribution in [1.29, 1.82) is 0 Å². The Morgan fingerprint density at radius 3 is 2.62 bits per heavy atom. The van der Waals surface area contributed by atoms with E-state index in [1.807, 2.05) is 26.0 Å². The third kappa shape index (κ3) is 4.49. The molecule has 0 fully saturated rings. The highest BCUT2D eigenvalue weighted by Gasteiger charge is 2.11. The van der Waals surface area contributed by atoms with Crippen LogP contribution >= 0.6 is 11.6 Å². The van der Waals surface area contributed by atoms with E-state index in [1.54, 1.807) is 37.4 Å². The number of benzene rings is 2. The second-order valence-electron chi connectivity index (χ2n) is 5.22. The number of rotatable bonds is 6. The number of methoxy groups -OCH3 is 1. The molecule has 0 saturated heterocycles. The number of carbonyl (C=O) groups excluding carboxylic acids is 1. The van der Waals surface area contributed by atoms with Gasteiger partial charge in [-0.1, -0.05) is 29.8 Å². The Labute approximate surface area is 146 Å². The van der Waals surface area contributed by atoms with E-state index in [0.717, 1.165) is 0 Å². The van der Waals surface area contributed by atoms with E-state index in [4.69, 9.17) is 21.1 Å². The summed E-state index contributed by atoms with van der Waals surface area (Å²) < 4.78 is 11.1. The number of para-hydroxylation sites is 1. The minimum atomic E-state index is -0.383. The predicted molar refractivity (Wildman–Crippen MR) is 95.3 cm³/mol. The van der Waals surface area contributed by atoms with Crippen molar-refractivity contribution < 1.29 is 14.3 Å². The molecule has 0 heterocycles. The largest absolute Gasteiger partial charge is 0.493 e. The number of hydrogen-bond donors (Lipinski definition) is 1. The van der Waals surface area contributed by atoms with Crippen molar-refractivity contribution in [1.82, 2.24) is 5.43 Å². The number of halogens is 1. The summed E-state index contributed by atoms with van der Waals surface area (Å²) in [6.45, 7) is 3.85. The second-order valence-corrected chi connectivity index (χ2v) is 5.63. The molecule has 0 aliphatic heterocycles. The van der Waals surface area contributed by atoms with Crippen LogP contribution in [0.5, 0.6) is 11.5 Å². The van der Waals surface area contributed by atoms with Crippen molar-refractivity contribution in [2.24, 2.45) is 5.10 Å². The van der Waals surface area contributed by atoms with Crippen LogP contribution in [0.15, 0.2) is 47.6 Å². The van der Waals surface area contributed by atoms with Gasteiger partial charge in [0.2, 0.25) is 0 Å². The number of nitrogens with zero attached hydrogens (tertiary/aromatic N) is 1. The Hall–Kier alpha value is -2.53. The zero-order chi connectivity index (χ0) is 17.5. The van der Waals surface area contributed by atoms with E-state index in [1.165, 1.54) is 6.21 Å². The fourth-order valence-corrected chi connectivity index (χ4v) is 2.24. The minimum Gasteiger partial charge on any atom is -0.493 e. The Morgan fingerprint density at radius 2 is 1.96 bits per heavy atom. The lowest BCUT2D eigenvalue weighted by Crippen LogP contribution is -2.18. The first-order valence-electron chi connectivity index (χ1n) is 7.44. The zero-order valence-corrected chi connectivity index (χ0v) is 14.5. The average molecular weight is 347 g/mol.